The highest BCUT2D eigenvalue weighted by Gasteiger charge is 2.16. The molecule has 0 radical (unpaired) electrons. The summed E-state index contributed by atoms with van der Waals surface area (Å²) >= 11 is 5.62. The molecule has 0 aliphatic rings. The number of nitrogens with one attached hydrogen (secondary N) is 1. The van der Waals surface area contributed by atoms with Crippen LogP contribution >= 0.6 is 12.2 Å². The average molecular weight is 411 g/mol. The first-order valence-corrected chi connectivity index (χ1v) is 9.73. The first kappa shape index (κ1) is 20.6. The van der Waals surface area contributed by atoms with Gasteiger partial charge in [-0.05, 0) is 74.1 Å². The number of para-hydroxylation sites is 1. The van der Waals surface area contributed by atoms with Gasteiger partial charge in [0.15, 0.2) is 5.11 Å². The van der Waals surface area contributed by atoms with Crippen molar-refractivity contribution < 1.29 is 14.2 Å². The predicted octanol–water partition coefficient (Wildman–Crippen LogP) is 5.64. The second kappa shape index (κ2) is 9.39. The molecule has 0 saturated heterocycles. The number of phenols is 1. The molecule has 3 rings (SSSR count). The number of phenolic OH excluding ortho intramolecular Hbond substituents is 1. The number of ether oxygens (including phenoxy) is 1. The van der Waals surface area contributed by atoms with E-state index in [1.165, 1.54) is 6.07 Å². The Bertz CT molecular complexity index is 992. The van der Waals surface area contributed by atoms with E-state index in [1.807, 2.05) is 48.2 Å². The van der Waals surface area contributed by atoms with Crippen LogP contribution in [0.25, 0.3) is 0 Å². The van der Waals surface area contributed by atoms with Crippen LogP contribution in [-0.2, 0) is 6.54 Å². The van der Waals surface area contributed by atoms with Gasteiger partial charge in [0, 0.05) is 16.9 Å². The van der Waals surface area contributed by atoms with E-state index < -0.39 is 0 Å². The van der Waals surface area contributed by atoms with E-state index in [9.17, 15) is 9.50 Å². The van der Waals surface area contributed by atoms with Gasteiger partial charge in [0.2, 0.25) is 0 Å². The summed E-state index contributed by atoms with van der Waals surface area (Å²) in [5, 5.41) is 13.7. The second-order valence-corrected chi connectivity index (χ2v) is 6.92. The molecule has 2 N–H and O–H groups in total. The zero-order valence-electron chi connectivity index (χ0n) is 16.4. The predicted molar refractivity (Wildman–Crippen MR) is 119 cm³/mol. The van der Waals surface area contributed by atoms with E-state index in [2.05, 4.69) is 5.32 Å². The topological polar surface area (TPSA) is 44.7 Å². The van der Waals surface area contributed by atoms with Crippen LogP contribution in [0.1, 0.15) is 18.1 Å². The van der Waals surface area contributed by atoms with Crippen molar-refractivity contribution in [3.05, 3.63) is 83.7 Å². The van der Waals surface area contributed by atoms with Crippen molar-refractivity contribution in [1.82, 2.24) is 0 Å². The lowest BCUT2D eigenvalue weighted by Crippen LogP contribution is -2.34. The van der Waals surface area contributed by atoms with Crippen LogP contribution in [0.3, 0.4) is 0 Å². The van der Waals surface area contributed by atoms with Gasteiger partial charge in [-0.2, -0.15) is 0 Å². The molecule has 3 aromatic rings. The van der Waals surface area contributed by atoms with Crippen LogP contribution in [0, 0.1) is 12.7 Å². The number of hydrogen-bond donors (Lipinski definition) is 2. The molecule has 0 unspecified atom stereocenters. The highest BCUT2D eigenvalue weighted by molar-refractivity contribution is 7.80. The molecule has 0 bridgehead atoms. The zero-order valence-corrected chi connectivity index (χ0v) is 17.2. The molecule has 150 valence electrons. The van der Waals surface area contributed by atoms with E-state index in [0.29, 0.717) is 29.5 Å². The van der Waals surface area contributed by atoms with Gasteiger partial charge < -0.3 is 20.1 Å². The molecule has 0 fully saturated rings. The molecule has 0 amide bonds. The van der Waals surface area contributed by atoms with E-state index in [1.54, 1.807) is 31.2 Å². The maximum absolute atomic E-state index is 13.9. The third-order valence-electron chi connectivity index (χ3n) is 4.45. The van der Waals surface area contributed by atoms with E-state index in [-0.39, 0.29) is 11.6 Å². The Balaban J connectivity index is 1.89. The fraction of sp³-hybridized carbons (Fsp3) is 0.174. The number of hydrogen-bond acceptors (Lipinski definition) is 3. The molecular formula is C23H23FN2O2S. The second-order valence-electron chi connectivity index (χ2n) is 6.54. The quantitative estimate of drug-likeness (QED) is 0.515. The first-order valence-electron chi connectivity index (χ1n) is 9.32. The van der Waals surface area contributed by atoms with E-state index in [0.717, 1.165) is 17.0 Å². The summed E-state index contributed by atoms with van der Waals surface area (Å²) in [7, 11) is 0. The Morgan fingerprint density at radius 3 is 2.48 bits per heavy atom. The lowest BCUT2D eigenvalue weighted by Gasteiger charge is -2.27. The highest BCUT2D eigenvalue weighted by atomic mass is 32.1. The number of anilines is 2. The van der Waals surface area contributed by atoms with Gasteiger partial charge in [-0.3, -0.25) is 0 Å². The molecule has 0 aliphatic carbocycles. The molecule has 3 aromatic carbocycles. The molecule has 0 saturated carbocycles. The van der Waals surface area contributed by atoms with Gasteiger partial charge in [0.05, 0.1) is 13.2 Å². The van der Waals surface area contributed by atoms with Crippen molar-refractivity contribution in [2.24, 2.45) is 0 Å². The van der Waals surface area contributed by atoms with Crippen LogP contribution in [0.2, 0.25) is 0 Å². The fourth-order valence-electron chi connectivity index (χ4n) is 2.85. The Morgan fingerprint density at radius 2 is 1.83 bits per heavy atom. The molecule has 0 heterocycles. The summed E-state index contributed by atoms with van der Waals surface area (Å²) in [6.07, 6.45) is 0. The number of benzene rings is 3. The first-order chi connectivity index (χ1) is 14.0. The number of aromatic hydroxyl groups is 1. The molecule has 0 aromatic heterocycles. The van der Waals surface area contributed by atoms with Crippen LogP contribution in [0.15, 0.2) is 66.7 Å². The summed E-state index contributed by atoms with van der Waals surface area (Å²) in [4.78, 5) is 1.85. The average Bonchev–Trinajstić information content (AvgIpc) is 2.71. The van der Waals surface area contributed by atoms with E-state index >= 15 is 0 Å². The Kier molecular flexibility index (Phi) is 6.67. The minimum absolute atomic E-state index is 0.188. The Morgan fingerprint density at radius 1 is 1.10 bits per heavy atom. The fourth-order valence-corrected chi connectivity index (χ4v) is 3.13. The minimum atomic E-state index is -0.300. The zero-order chi connectivity index (χ0) is 20.8. The Labute approximate surface area is 175 Å². The third-order valence-corrected chi connectivity index (χ3v) is 4.77. The Hall–Kier alpha value is -3.12. The van der Waals surface area contributed by atoms with Gasteiger partial charge in [-0.15, -0.1) is 0 Å². The molecule has 6 heteroatoms. The number of rotatable bonds is 6. The largest absolute Gasteiger partial charge is 0.508 e. The molecule has 0 spiro atoms. The minimum Gasteiger partial charge on any atom is -0.508 e. The van der Waals surface area contributed by atoms with Crippen LogP contribution < -0.4 is 15.0 Å². The van der Waals surface area contributed by atoms with Crippen molar-refractivity contribution in [2.75, 3.05) is 16.8 Å². The SMILES string of the molecule is CCOc1ccc(N(Cc2ccccc2O)C(=S)Nc2ccc(C)c(F)c2)cc1. The van der Waals surface area contributed by atoms with Crippen molar-refractivity contribution in [2.45, 2.75) is 20.4 Å². The monoisotopic (exact) mass is 410 g/mol. The van der Waals surface area contributed by atoms with Crippen molar-refractivity contribution in [3.8, 4) is 11.5 Å². The van der Waals surface area contributed by atoms with Crippen molar-refractivity contribution >= 4 is 28.7 Å². The lowest BCUT2D eigenvalue weighted by atomic mass is 10.1. The summed E-state index contributed by atoms with van der Waals surface area (Å²) in [5.74, 6) is 0.650. The number of aryl methyl sites for hydroxylation is 1. The van der Waals surface area contributed by atoms with Crippen LogP contribution in [0.4, 0.5) is 15.8 Å². The molecule has 29 heavy (non-hydrogen) atoms. The number of nitrogens with zero attached hydrogens (tertiary/aromatic N) is 1. The van der Waals surface area contributed by atoms with Gasteiger partial charge in [0.25, 0.3) is 0 Å². The van der Waals surface area contributed by atoms with Gasteiger partial charge in [-0.1, -0.05) is 24.3 Å². The van der Waals surface area contributed by atoms with Crippen molar-refractivity contribution in [1.29, 1.82) is 0 Å². The standard InChI is InChI=1S/C23H23FN2O2S/c1-3-28-20-12-10-19(11-13-20)26(15-17-6-4-5-7-22(17)27)23(29)25-18-9-8-16(2)21(24)14-18/h4-14,27H,3,15H2,1-2H3,(H,25,29). The van der Waals surface area contributed by atoms with Crippen LogP contribution in [-0.4, -0.2) is 16.8 Å². The van der Waals surface area contributed by atoms with Gasteiger partial charge >= 0.3 is 0 Å². The molecule has 0 aliphatic heterocycles. The normalized spacial score (nSPS) is 10.4. The summed E-state index contributed by atoms with van der Waals surface area (Å²) < 4.78 is 19.4. The number of thiocarbonyl (C=S) groups is 1. The summed E-state index contributed by atoms with van der Waals surface area (Å²) in [6, 6.07) is 19.5. The van der Waals surface area contributed by atoms with Crippen LogP contribution in [0.5, 0.6) is 11.5 Å². The maximum atomic E-state index is 13.9. The van der Waals surface area contributed by atoms with Gasteiger partial charge in [0.1, 0.15) is 17.3 Å². The van der Waals surface area contributed by atoms with Crippen molar-refractivity contribution in [3.63, 3.8) is 0 Å². The smallest absolute Gasteiger partial charge is 0.178 e. The lowest BCUT2D eigenvalue weighted by molar-refractivity contribution is 0.340. The summed E-state index contributed by atoms with van der Waals surface area (Å²) in [5.41, 5.74) is 2.67. The maximum Gasteiger partial charge on any atom is 0.178 e. The highest BCUT2D eigenvalue weighted by Crippen LogP contribution is 2.26. The van der Waals surface area contributed by atoms with E-state index in [4.69, 9.17) is 17.0 Å². The third kappa shape index (κ3) is 5.23. The molecule has 4 nitrogen and oxygen atoms in total. The molecule has 0 atom stereocenters. The summed E-state index contributed by atoms with van der Waals surface area (Å²) in [6.45, 7) is 4.57. The number of halogens is 1. The molecular weight excluding hydrogens is 387 g/mol. The van der Waals surface area contributed by atoms with Gasteiger partial charge in [-0.25, -0.2) is 4.39 Å².